The molecule has 0 radical (unpaired) electrons. The maximum absolute atomic E-state index is 11.1. The molecule has 11 atom stereocenters. The van der Waals surface area contributed by atoms with E-state index in [0.717, 1.165) is 22.3 Å². The SMILES string of the molecule is C=CCO[C@@H]1[C@H](OCc2ccc(OC)cc2)[C@H](OCc2ccccc2)[C@@H](OCc2ccccc2)[C@H](OCc2ccccc2)[C@H]1O[C@H]1O[C@H](CO)[C@@H](O)[C@H](O)[C@H]1N=[N+]=[N-]. The Kier molecular flexibility index (Phi) is 16.2. The predicted molar refractivity (Wildman–Crippen MR) is 212 cm³/mol. The fourth-order valence-electron chi connectivity index (χ4n) is 7.14. The minimum Gasteiger partial charge on any atom is -0.497 e. The van der Waals surface area contributed by atoms with Gasteiger partial charge in [-0.25, -0.2) is 0 Å². The lowest BCUT2D eigenvalue weighted by Crippen LogP contribution is -2.69. The summed E-state index contributed by atoms with van der Waals surface area (Å²) in [5.74, 6) is 0.689. The first kappa shape index (κ1) is 42.9. The topological polar surface area (TPSA) is 183 Å². The van der Waals surface area contributed by atoms with E-state index >= 15 is 0 Å². The minimum absolute atomic E-state index is 0.0607. The van der Waals surface area contributed by atoms with Gasteiger partial charge in [0, 0.05) is 4.91 Å². The maximum Gasteiger partial charge on any atom is 0.169 e. The van der Waals surface area contributed by atoms with Crippen LogP contribution in [0.3, 0.4) is 0 Å². The van der Waals surface area contributed by atoms with Gasteiger partial charge in [-0.2, -0.15) is 0 Å². The molecule has 2 fully saturated rings. The van der Waals surface area contributed by atoms with E-state index in [0.29, 0.717) is 5.75 Å². The van der Waals surface area contributed by atoms with Gasteiger partial charge in [0.1, 0.15) is 60.6 Å². The number of rotatable bonds is 20. The van der Waals surface area contributed by atoms with Crippen molar-refractivity contribution >= 4 is 0 Å². The summed E-state index contributed by atoms with van der Waals surface area (Å²) in [5.41, 5.74) is 13.1. The third-order valence-corrected chi connectivity index (χ3v) is 10.1. The summed E-state index contributed by atoms with van der Waals surface area (Å²) < 4.78 is 52.1. The van der Waals surface area contributed by atoms with Crippen molar-refractivity contribution in [3.05, 3.63) is 161 Å². The van der Waals surface area contributed by atoms with Gasteiger partial charge in [0.2, 0.25) is 0 Å². The molecule has 0 spiro atoms. The van der Waals surface area contributed by atoms with Gasteiger partial charge >= 0.3 is 0 Å². The molecule has 308 valence electrons. The number of benzene rings is 4. The number of hydrogen-bond donors (Lipinski definition) is 3. The number of azide groups is 1. The normalized spacial score (nSPS) is 28.3. The Labute approximate surface area is 338 Å². The van der Waals surface area contributed by atoms with Crippen molar-refractivity contribution in [1.29, 1.82) is 0 Å². The minimum atomic E-state index is -1.64. The Balaban J connectivity index is 1.46. The highest BCUT2D eigenvalue weighted by Gasteiger charge is 2.57. The Bertz CT molecular complexity index is 1850. The molecule has 14 heteroatoms. The van der Waals surface area contributed by atoms with Crippen LogP contribution in [0.15, 0.2) is 133 Å². The first-order valence-corrected chi connectivity index (χ1v) is 19.2. The van der Waals surface area contributed by atoms with E-state index in [-0.39, 0.29) is 33.0 Å². The second kappa shape index (κ2) is 21.9. The zero-order valence-corrected chi connectivity index (χ0v) is 32.3. The quantitative estimate of drug-likeness (QED) is 0.0449. The van der Waals surface area contributed by atoms with Crippen molar-refractivity contribution < 1.29 is 53.2 Å². The summed E-state index contributed by atoms with van der Waals surface area (Å²) in [6, 6.07) is 35.0. The van der Waals surface area contributed by atoms with Gasteiger partial charge in [-0.05, 0) is 39.9 Å². The van der Waals surface area contributed by atoms with Crippen LogP contribution < -0.4 is 4.74 Å². The molecule has 58 heavy (non-hydrogen) atoms. The second-order valence-electron chi connectivity index (χ2n) is 14.0. The molecule has 4 aromatic carbocycles. The summed E-state index contributed by atoms with van der Waals surface area (Å²) >= 11 is 0. The van der Waals surface area contributed by atoms with Gasteiger partial charge in [-0.3, -0.25) is 0 Å². The van der Waals surface area contributed by atoms with Crippen LogP contribution in [0.25, 0.3) is 10.4 Å². The Morgan fingerprint density at radius 2 is 1.07 bits per heavy atom. The third kappa shape index (κ3) is 11.1. The van der Waals surface area contributed by atoms with Crippen molar-refractivity contribution in [2.75, 3.05) is 20.3 Å². The molecular weight excluding hydrogens is 746 g/mol. The lowest BCUT2D eigenvalue weighted by molar-refractivity contribution is -0.335. The van der Waals surface area contributed by atoms with E-state index in [1.807, 2.05) is 115 Å². The van der Waals surface area contributed by atoms with Crippen molar-refractivity contribution in [3.63, 3.8) is 0 Å². The third-order valence-electron chi connectivity index (χ3n) is 10.1. The molecule has 1 saturated carbocycles. The number of hydrogen-bond acceptors (Lipinski definition) is 12. The van der Waals surface area contributed by atoms with Crippen LogP contribution in [0.2, 0.25) is 0 Å². The van der Waals surface area contributed by atoms with E-state index < -0.39 is 73.9 Å². The molecule has 0 amide bonds. The maximum atomic E-state index is 11.1. The summed E-state index contributed by atoms with van der Waals surface area (Å²) in [6.07, 6.45) is -10.1. The molecule has 6 rings (SSSR count). The van der Waals surface area contributed by atoms with Crippen molar-refractivity contribution in [2.45, 2.75) is 93.7 Å². The van der Waals surface area contributed by atoms with Crippen molar-refractivity contribution in [3.8, 4) is 5.75 Å². The molecule has 2 aliphatic rings. The predicted octanol–water partition coefficient (Wildman–Crippen LogP) is 5.42. The van der Waals surface area contributed by atoms with Crippen molar-refractivity contribution in [2.24, 2.45) is 5.11 Å². The van der Waals surface area contributed by atoms with E-state index in [9.17, 15) is 20.9 Å². The zero-order chi connectivity index (χ0) is 40.7. The Hall–Kier alpha value is -4.67. The highest BCUT2D eigenvalue weighted by atomic mass is 16.7. The molecule has 0 bridgehead atoms. The lowest BCUT2D eigenvalue weighted by Gasteiger charge is -2.51. The average molecular weight is 798 g/mol. The molecule has 1 heterocycles. The van der Waals surface area contributed by atoms with Crippen LogP contribution >= 0.6 is 0 Å². The van der Waals surface area contributed by atoms with Crippen LogP contribution in [0.5, 0.6) is 5.75 Å². The van der Waals surface area contributed by atoms with Crippen LogP contribution in [0.4, 0.5) is 0 Å². The number of ether oxygens (including phenoxy) is 8. The number of methoxy groups -OCH3 is 1. The summed E-state index contributed by atoms with van der Waals surface area (Å²) in [6.45, 7) is 3.90. The molecule has 0 aromatic heterocycles. The van der Waals surface area contributed by atoms with Gasteiger partial charge in [-0.1, -0.05) is 114 Å². The first-order valence-electron chi connectivity index (χ1n) is 19.2. The molecular formula is C44H51N3O11. The summed E-state index contributed by atoms with van der Waals surface area (Å²) in [7, 11) is 1.60. The van der Waals surface area contributed by atoms with Crippen LogP contribution in [0, 0.1) is 0 Å². The number of aliphatic hydroxyl groups excluding tert-OH is 3. The van der Waals surface area contributed by atoms with E-state index in [1.165, 1.54) is 0 Å². The van der Waals surface area contributed by atoms with Gasteiger partial charge in [0.15, 0.2) is 6.29 Å². The van der Waals surface area contributed by atoms with Gasteiger partial charge in [0.05, 0.1) is 52.9 Å². The van der Waals surface area contributed by atoms with Gasteiger partial charge < -0.3 is 53.2 Å². The van der Waals surface area contributed by atoms with Crippen LogP contribution in [-0.4, -0.2) is 103 Å². The lowest BCUT2D eigenvalue weighted by atomic mass is 9.83. The van der Waals surface area contributed by atoms with E-state index in [4.69, 9.17) is 37.9 Å². The number of nitrogens with zero attached hydrogens (tertiary/aromatic N) is 3. The number of aliphatic hydroxyl groups is 3. The molecule has 14 nitrogen and oxygen atoms in total. The molecule has 3 N–H and O–H groups in total. The second-order valence-corrected chi connectivity index (χ2v) is 14.0. The van der Waals surface area contributed by atoms with E-state index in [1.54, 1.807) is 13.2 Å². The molecule has 1 aliphatic carbocycles. The Morgan fingerprint density at radius 1 is 0.638 bits per heavy atom. The standard InChI is InChI=1S/C44H51N3O11/c1-3-23-52-41-39(55-28-32-19-21-33(51-2)22-20-32)38(53-25-29-13-7-4-8-14-29)40(54-26-30-15-9-5-10-16-30)42(56-27-31-17-11-6-12-18-31)43(41)58-44-35(46-47-45)37(50)36(49)34(24-48)57-44/h3-22,34-44,48-50H,1,23-28H2,2H3/t34-,35-,36-,37-,38+,39-,40-,41-,42+,43+,44-/m1/s1. The van der Waals surface area contributed by atoms with Gasteiger partial charge in [0.25, 0.3) is 0 Å². The van der Waals surface area contributed by atoms with E-state index in [2.05, 4.69) is 16.6 Å². The van der Waals surface area contributed by atoms with Gasteiger partial charge in [-0.15, -0.1) is 6.58 Å². The highest BCUT2D eigenvalue weighted by molar-refractivity contribution is 5.27. The monoisotopic (exact) mass is 797 g/mol. The van der Waals surface area contributed by atoms with Crippen LogP contribution in [-0.2, 0) is 59.6 Å². The molecule has 4 aromatic rings. The largest absolute Gasteiger partial charge is 0.497 e. The van der Waals surface area contributed by atoms with Crippen molar-refractivity contribution in [1.82, 2.24) is 0 Å². The Morgan fingerprint density at radius 3 is 1.48 bits per heavy atom. The smallest absolute Gasteiger partial charge is 0.169 e. The fourth-order valence-corrected chi connectivity index (χ4v) is 7.14. The average Bonchev–Trinajstić information content (AvgIpc) is 3.27. The first-order chi connectivity index (χ1) is 28.4. The zero-order valence-electron chi connectivity index (χ0n) is 32.3. The fraction of sp³-hybridized carbons (Fsp3) is 0.409. The molecule has 0 unspecified atom stereocenters. The summed E-state index contributed by atoms with van der Waals surface area (Å²) in [4.78, 5) is 2.91. The molecule has 1 aliphatic heterocycles. The van der Waals surface area contributed by atoms with Crippen LogP contribution in [0.1, 0.15) is 22.3 Å². The summed E-state index contributed by atoms with van der Waals surface area (Å²) in [5, 5.41) is 35.8. The highest BCUT2D eigenvalue weighted by Crippen LogP contribution is 2.38. The molecule has 1 saturated heterocycles.